The Morgan fingerprint density at radius 2 is 1.68 bits per heavy atom. The molecule has 1 heterocycles. The Hall–Kier alpha value is -2.16. The Balaban J connectivity index is 2.25. The maximum Gasteiger partial charge on any atom is 0.321 e. The Morgan fingerprint density at radius 1 is 1.00 bits per heavy atom. The minimum atomic E-state index is -1.01. The normalized spacial score (nSPS) is 22.3. The lowest BCUT2D eigenvalue weighted by atomic mass is 9.73. The van der Waals surface area contributed by atoms with Crippen LogP contribution in [-0.4, -0.2) is 12.6 Å². The number of hydrogen-bond acceptors (Lipinski definition) is 2. The van der Waals surface area contributed by atoms with Gasteiger partial charge in [0.1, 0.15) is 11.2 Å². The summed E-state index contributed by atoms with van der Waals surface area (Å²) in [5, 5.41) is 0. The van der Waals surface area contributed by atoms with Gasteiger partial charge >= 0.3 is 5.97 Å². The molecule has 19 heavy (non-hydrogen) atoms. The molecule has 2 nitrogen and oxygen atoms in total. The van der Waals surface area contributed by atoms with Crippen LogP contribution < -0.4 is 0 Å². The number of carbonyl (C=O) groups excluding carboxylic acids is 1. The Kier molecular flexibility index (Phi) is 2.82. The fraction of sp³-hybridized carbons (Fsp3) is 0.188. The molecular weight excluding hydrogens is 243 g/mol. The molecule has 1 aliphatic heterocycles. The molecule has 1 unspecified atom stereocenters. The zero-order chi connectivity index (χ0) is 13.3. The Labute approximate surface area is 110 Å². The van der Waals surface area contributed by atoms with Gasteiger partial charge in [0.05, 0.1) is 6.61 Å². The molecule has 0 saturated carbocycles. The van der Waals surface area contributed by atoms with Crippen molar-refractivity contribution in [1.82, 2.24) is 0 Å². The number of rotatable bonds is 2. The van der Waals surface area contributed by atoms with Crippen molar-refractivity contribution in [3.63, 3.8) is 0 Å². The Morgan fingerprint density at radius 3 is 2.32 bits per heavy atom. The molecular formula is C16H13FO2. The number of hydrogen-bond donors (Lipinski definition) is 0. The van der Waals surface area contributed by atoms with E-state index in [2.05, 4.69) is 0 Å². The van der Waals surface area contributed by atoms with Crippen molar-refractivity contribution >= 4 is 5.97 Å². The predicted molar refractivity (Wildman–Crippen MR) is 69.2 cm³/mol. The molecule has 0 N–H and O–H groups in total. The highest BCUT2D eigenvalue weighted by atomic mass is 19.1. The van der Waals surface area contributed by atoms with Crippen LogP contribution in [0, 0.1) is 5.82 Å². The first-order valence-electron chi connectivity index (χ1n) is 6.23. The third-order valence-electron chi connectivity index (χ3n) is 3.66. The highest BCUT2D eigenvalue weighted by molar-refractivity contribution is 5.89. The topological polar surface area (TPSA) is 26.3 Å². The highest BCUT2D eigenvalue weighted by Crippen LogP contribution is 2.41. The van der Waals surface area contributed by atoms with Crippen LogP contribution in [0.5, 0.6) is 0 Å². The van der Waals surface area contributed by atoms with E-state index in [-0.39, 0.29) is 11.8 Å². The van der Waals surface area contributed by atoms with E-state index in [0.717, 1.165) is 5.56 Å². The molecule has 3 rings (SSSR count). The van der Waals surface area contributed by atoms with Gasteiger partial charge in [0.15, 0.2) is 0 Å². The second-order valence-electron chi connectivity index (χ2n) is 4.64. The van der Waals surface area contributed by atoms with Crippen molar-refractivity contribution in [3.8, 4) is 0 Å². The molecule has 0 aromatic heterocycles. The molecule has 0 aliphatic carbocycles. The average Bonchev–Trinajstić information content (AvgIpc) is 2.83. The van der Waals surface area contributed by atoms with Gasteiger partial charge in [0, 0.05) is 12.0 Å². The van der Waals surface area contributed by atoms with Crippen molar-refractivity contribution in [1.29, 1.82) is 0 Å². The van der Waals surface area contributed by atoms with Gasteiger partial charge in [-0.3, -0.25) is 4.79 Å². The lowest BCUT2D eigenvalue weighted by Gasteiger charge is -2.26. The molecule has 0 bridgehead atoms. The second-order valence-corrected chi connectivity index (χ2v) is 4.64. The third kappa shape index (κ3) is 1.73. The monoisotopic (exact) mass is 256 g/mol. The van der Waals surface area contributed by atoms with Crippen molar-refractivity contribution in [2.75, 3.05) is 6.61 Å². The minimum Gasteiger partial charge on any atom is -0.465 e. The molecule has 1 aliphatic rings. The van der Waals surface area contributed by atoms with Crippen LogP contribution in [0.4, 0.5) is 4.39 Å². The smallest absolute Gasteiger partial charge is 0.321 e. The standard InChI is InChI=1S/C16H13FO2/c17-14-9-5-4-8-13(14)16(10-11-19-15(16)18)12-6-2-1-3-7-12/h1-9H,10-11H2. The van der Waals surface area contributed by atoms with Gasteiger partial charge in [-0.15, -0.1) is 0 Å². The molecule has 0 spiro atoms. The first kappa shape index (κ1) is 11.9. The summed E-state index contributed by atoms with van der Waals surface area (Å²) in [6, 6.07) is 15.7. The fourth-order valence-corrected chi connectivity index (χ4v) is 2.71. The minimum absolute atomic E-state index is 0.321. The van der Waals surface area contributed by atoms with Gasteiger partial charge in [-0.1, -0.05) is 48.5 Å². The van der Waals surface area contributed by atoms with Crippen LogP contribution in [0.1, 0.15) is 17.5 Å². The average molecular weight is 256 g/mol. The van der Waals surface area contributed by atoms with Crippen molar-refractivity contribution in [2.45, 2.75) is 11.8 Å². The SMILES string of the molecule is O=C1OCCC1(c1ccccc1)c1ccccc1F. The quantitative estimate of drug-likeness (QED) is 0.772. The van der Waals surface area contributed by atoms with E-state index >= 15 is 0 Å². The van der Waals surface area contributed by atoms with Crippen molar-refractivity contribution in [2.24, 2.45) is 0 Å². The van der Waals surface area contributed by atoms with Gasteiger partial charge in [0.2, 0.25) is 0 Å². The summed E-state index contributed by atoms with van der Waals surface area (Å²) in [4.78, 5) is 12.3. The van der Waals surface area contributed by atoms with Gasteiger partial charge in [-0.05, 0) is 11.6 Å². The van der Waals surface area contributed by atoms with E-state index in [1.54, 1.807) is 18.2 Å². The van der Waals surface area contributed by atoms with Gasteiger partial charge in [-0.25, -0.2) is 4.39 Å². The molecule has 1 atom stereocenters. The zero-order valence-electron chi connectivity index (χ0n) is 10.3. The number of esters is 1. The number of ether oxygens (including phenoxy) is 1. The fourth-order valence-electron chi connectivity index (χ4n) is 2.71. The van der Waals surface area contributed by atoms with Crippen LogP contribution in [0.3, 0.4) is 0 Å². The van der Waals surface area contributed by atoms with Crippen LogP contribution in [0.15, 0.2) is 54.6 Å². The van der Waals surface area contributed by atoms with Crippen LogP contribution >= 0.6 is 0 Å². The van der Waals surface area contributed by atoms with E-state index in [1.807, 2.05) is 30.3 Å². The van der Waals surface area contributed by atoms with Gasteiger partial charge in [0.25, 0.3) is 0 Å². The van der Waals surface area contributed by atoms with Crippen LogP contribution in [-0.2, 0) is 14.9 Å². The van der Waals surface area contributed by atoms with Gasteiger partial charge < -0.3 is 4.74 Å². The maximum atomic E-state index is 14.1. The summed E-state index contributed by atoms with van der Waals surface area (Å²) in [7, 11) is 0. The molecule has 3 heteroatoms. The largest absolute Gasteiger partial charge is 0.465 e. The summed E-state index contributed by atoms with van der Waals surface area (Å²) in [6.45, 7) is 0.321. The molecule has 2 aromatic carbocycles. The zero-order valence-corrected chi connectivity index (χ0v) is 10.3. The van der Waals surface area contributed by atoms with Crippen molar-refractivity contribution in [3.05, 3.63) is 71.5 Å². The third-order valence-corrected chi connectivity index (χ3v) is 3.66. The molecule has 1 fully saturated rings. The molecule has 0 radical (unpaired) electrons. The second kappa shape index (κ2) is 4.50. The number of cyclic esters (lactones) is 1. The predicted octanol–water partition coefficient (Wildman–Crippen LogP) is 3.06. The number of carbonyl (C=O) groups is 1. The summed E-state index contributed by atoms with van der Waals surface area (Å²) >= 11 is 0. The van der Waals surface area contributed by atoms with Gasteiger partial charge in [-0.2, -0.15) is 0 Å². The molecule has 0 amide bonds. The molecule has 1 saturated heterocycles. The van der Waals surface area contributed by atoms with E-state index in [9.17, 15) is 9.18 Å². The summed E-state index contributed by atoms with van der Waals surface area (Å²) in [6.07, 6.45) is 0.469. The molecule has 96 valence electrons. The van der Waals surface area contributed by atoms with Crippen molar-refractivity contribution < 1.29 is 13.9 Å². The first-order chi connectivity index (χ1) is 9.25. The maximum absolute atomic E-state index is 14.1. The summed E-state index contributed by atoms with van der Waals surface area (Å²) < 4.78 is 19.3. The summed E-state index contributed by atoms with van der Waals surface area (Å²) in [5.41, 5.74) is 0.165. The lowest BCUT2D eigenvalue weighted by molar-refractivity contribution is -0.141. The van der Waals surface area contributed by atoms with E-state index < -0.39 is 5.41 Å². The van der Waals surface area contributed by atoms with Crippen LogP contribution in [0.25, 0.3) is 0 Å². The van der Waals surface area contributed by atoms with E-state index in [0.29, 0.717) is 18.6 Å². The first-order valence-corrected chi connectivity index (χ1v) is 6.23. The summed E-state index contributed by atoms with van der Waals surface area (Å²) in [5.74, 6) is -0.742. The number of benzene rings is 2. The van der Waals surface area contributed by atoms with E-state index in [1.165, 1.54) is 6.07 Å². The lowest BCUT2D eigenvalue weighted by Crippen LogP contribution is -2.33. The highest BCUT2D eigenvalue weighted by Gasteiger charge is 2.48. The molecule has 2 aromatic rings. The Bertz CT molecular complexity index is 609. The number of halogens is 1. The van der Waals surface area contributed by atoms with E-state index in [4.69, 9.17) is 4.74 Å². The van der Waals surface area contributed by atoms with Crippen LogP contribution in [0.2, 0.25) is 0 Å².